The first-order valence-electron chi connectivity index (χ1n) is 6.93. The number of aliphatic hydroxyl groups is 1. The van der Waals surface area contributed by atoms with Gasteiger partial charge in [0.1, 0.15) is 6.10 Å². The number of nitrogens with one attached hydrogen (secondary N) is 1. The van der Waals surface area contributed by atoms with Gasteiger partial charge in [0, 0.05) is 17.6 Å². The van der Waals surface area contributed by atoms with Gasteiger partial charge in [-0.05, 0) is 13.8 Å². The van der Waals surface area contributed by atoms with Crippen LogP contribution in [-0.2, 0) is 28.7 Å². The van der Waals surface area contributed by atoms with Crippen molar-refractivity contribution in [1.29, 1.82) is 0 Å². The molecule has 23 heavy (non-hydrogen) atoms. The maximum absolute atomic E-state index is 11.9. The molecular formula is C15H23NO7. The van der Waals surface area contributed by atoms with E-state index in [0.29, 0.717) is 0 Å². The molecule has 0 aliphatic heterocycles. The lowest BCUT2D eigenvalue weighted by molar-refractivity contribution is -0.149. The highest BCUT2D eigenvalue weighted by atomic mass is 16.5. The van der Waals surface area contributed by atoms with Gasteiger partial charge in [-0.1, -0.05) is 13.8 Å². The number of Topliss-reactive ketones (excluding diaryl/α,β-unsaturated/α-hetero) is 1. The predicted molar refractivity (Wildman–Crippen MR) is 80.2 cm³/mol. The lowest BCUT2D eigenvalue weighted by Crippen LogP contribution is -2.50. The minimum atomic E-state index is -1.48. The summed E-state index contributed by atoms with van der Waals surface area (Å²) in [5, 5.41) is 12.4. The predicted octanol–water partition coefficient (Wildman–Crippen LogP) is -0.260. The van der Waals surface area contributed by atoms with Gasteiger partial charge < -0.3 is 19.9 Å². The van der Waals surface area contributed by atoms with Gasteiger partial charge in [-0.2, -0.15) is 0 Å². The average molecular weight is 329 g/mol. The smallest absolute Gasteiger partial charge is 0.331 e. The van der Waals surface area contributed by atoms with Crippen LogP contribution in [0.4, 0.5) is 0 Å². The summed E-state index contributed by atoms with van der Waals surface area (Å²) in [6.45, 7) is 5.59. The van der Waals surface area contributed by atoms with Crippen LogP contribution in [0.15, 0.2) is 12.2 Å². The Morgan fingerprint density at radius 3 is 2.17 bits per heavy atom. The minimum Gasteiger partial charge on any atom is -0.466 e. The number of rotatable bonds is 8. The lowest BCUT2D eigenvalue weighted by Gasteiger charge is -2.29. The Hall–Kier alpha value is -2.22. The summed E-state index contributed by atoms with van der Waals surface area (Å²) >= 11 is 0. The van der Waals surface area contributed by atoms with Crippen molar-refractivity contribution < 1.29 is 33.8 Å². The molecular weight excluding hydrogens is 306 g/mol. The third-order valence-electron chi connectivity index (χ3n) is 3.10. The highest BCUT2D eigenvalue weighted by Crippen LogP contribution is 2.21. The number of aliphatic hydroxyl groups excluding tert-OH is 1. The first-order valence-corrected chi connectivity index (χ1v) is 6.93. The van der Waals surface area contributed by atoms with Crippen LogP contribution in [0.25, 0.3) is 0 Å². The van der Waals surface area contributed by atoms with Crippen molar-refractivity contribution in [2.75, 3.05) is 13.7 Å². The van der Waals surface area contributed by atoms with E-state index in [4.69, 9.17) is 4.74 Å². The molecule has 2 N–H and O–H groups in total. The summed E-state index contributed by atoms with van der Waals surface area (Å²) in [4.78, 5) is 45.2. The number of amides is 1. The van der Waals surface area contributed by atoms with E-state index in [9.17, 15) is 24.3 Å². The highest BCUT2D eigenvalue weighted by Gasteiger charge is 2.35. The second-order valence-electron chi connectivity index (χ2n) is 5.70. The molecule has 0 bridgehead atoms. The van der Waals surface area contributed by atoms with Crippen molar-refractivity contribution in [2.24, 2.45) is 5.41 Å². The number of methoxy groups -OCH3 is 1. The molecule has 130 valence electrons. The van der Waals surface area contributed by atoms with Crippen LogP contribution < -0.4 is 5.32 Å². The zero-order valence-electron chi connectivity index (χ0n) is 13.9. The van der Waals surface area contributed by atoms with E-state index in [0.717, 1.165) is 19.3 Å². The molecule has 0 aliphatic carbocycles. The van der Waals surface area contributed by atoms with Gasteiger partial charge in [0.25, 0.3) is 0 Å². The van der Waals surface area contributed by atoms with E-state index in [2.05, 4.69) is 10.1 Å². The molecule has 1 amide bonds. The average Bonchev–Trinajstić information content (AvgIpc) is 2.49. The van der Waals surface area contributed by atoms with Crippen LogP contribution in [0.5, 0.6) is 0 Å². The van der Waals surface area contributed by atoms with Gasteiger partial charge in [-0.3, -0.25) is 9.59 Å². The van der Waals surface area contributed by atoms with Gasteiger partial charge in [0.05, 0.1) is 19.8 Å². The number of ketones is 1. The molecule has 0 unspecified atom stereocenters. The zero-order valence-corrected chi connectivity index (χ0v) is 13.9. The third kappa shape index (κ3) is 7.55. The molecule has 0 radical (unpaired) electrons. The molecule has 0 aromatic carbocycles. The fourth-order valence-electron chi connectivity index (χ4n) is 1.34. The highest BCUT2D eigenvalue weighted by molar-refractivity contribution is 5.91. The van der Waals surface area contributed by atoms with Gasteiger partial charge in [0.15, 0.2) is 5.78 Å². The molecule has 0 aliphatic rings. The molecule has 0 aromatic heterocycles. The van der Waals surface area contributed by atoms with Crippen LogP contribution in [0.2, 0.25) is 0 Å². The molecule has 8 heteroatoms. The number of ether oxygens (including phenoxy) is 2. The van der Waals surface area contributed by atoms with E-state index in [1.807, 2.05) is 0 Å². The van der Waals surface area contributed by atoms with E-state index in [1.165, 1.54) is 27.7 Å². The van der Waals surface area contributed by atoms with Crippen LogP contribution >= 0.6 is 0 Å². The third-order valence-corrected chi connectivity index (χ3v) is 3.10. The number of carbonyl (C=O) groups excluding carboxylic acids is 4. The molecule has 0 rings (SSSR count). The van der Waals surface area contributed by atoms with Gasteiger partial charge in [-0.25, -0.2) is 9.59 Å². The normalized spacial score (nSPS) is 14.0. The van der Waals surface area contributed by atoms with Gasteiger partial charge >= 0.3 is 11.9 Å². The topological polar surface area (TPSA) is 119 Å². The summed E-state index contributed by atoms with van der Waals surface area (Å²) in [7, 11) is 1.16. The zero-order chi connectivity index (χ0) is 18.2. The van der Waals surface area contributed by atoms with Gasteiger partial charge in [0.2, 0.25) is 5.91 Å². The second-order valence-corrected chi connectivity index (χ2v) is 5.70. The molecule has 0 heterocycles. The summed E-state index contributed by atoms with van der Waals surface area (Å²) < 4.78 is 9.20. The largest absolute Gasteiger partial charge is 0.466 e. The Kier molecular flexibility index (Phi) is 8.17. The first-order chi connectivity index (χ1) is 10.5. The van der Waals surface area contributed by atoms with Crippen LogP contribution in [0.1, 0.15) is 27.7 Å². The monoisotopic (exact) mass is 329 g/mol. The summed E-state index contributed by atoms with van der Waals surface area (Å²) in [5.74, 6) is -2.51. The Morgan fingerprint density at radius 1 is 1.17 bits per heavy atom. The number of hydrogen-bond donors (Lipinski definition) is 2. The van der Waals surface area contributed by atoms with Crippen LogP contribution in [-0.4, -0.2) is 54.6 Å². The Bertz CT molecular complexity index is 496. The number of hydrogen-bond acceptors (Lipinski definition) is 7. The standard InChI is InChI=1S/C15H23NO7/c1-9(10(2)17)16-14(21)13(20)15(3,4)8-23-12(19)7-6-11(18)22-5/h6-7,9,13,20H,8H2,1-5H3,(H,16,21)/b7-6+/t9-,13-/m0/s1. The maximum atomic E-state index is 11.9. The van der Waals surface area contributed by atoms with Crippen molar-refractivity contribution in [3.8, 4) is 0 Å². The Morgan fingerprint density at radius 2 is 1.70 bits per heavy atom. The lowest BCUT2D eigenvalue weighted by atomic mass is 9.86. The summed E-state index contributed by atoms with van der Waals surface area (Å²) in [6.07, 6.45) is 0.292. The fourth-order valence-corrected chi connectivity index (χ4v) is 1.34. The Labute approximate surface area is 134 Å². The summed E-state index contributed by atoms with van der Waals surface area (Å²) in [5.41, 5.74) is -1.09. The first kappa shape index (κ1) is 20.8. The number of esters is 2. The van der Waals surface area contributed by atoms with Crippen LogP contribution in [0, 0.1) is 5.41 Å². The van der Waals surface area contributed by atoms with Crippen molar-refractivity contribution in [3.63, 3.8) is 0 Å². The summed E-state index contributed by atoms with van der Waals surface area (Å²) in [6, 6.07) is -0.724. The quantitative estimate of drug-likeness (QED) is 0.465. The second kappa shape index (κ2) is 9.04. The fraction of sp³-hybridized carbons (Fsp3) is 0.600. The number of carbonyl (C=O) groups is 4. The van der Waals surface area contributed by atoms with Crippen molar-refractivity contribution in [2.45, 2.75) is 39.8 Å². The SMILES string of the molecule is COC(=O)/C=C/C(=O)OCC(C)(C)[C@@H](O)C(=O)N[C@@H](C)C(C)=O. The van der Waals surface area contributed by atoms with Crippen LogP contribution in [0.3, 0.4) is 0 Å². The van der Waals surface area contributed by atoms with E-state index < -0.39 is 35.4 Å². The van der Waals surface area contributed by atoms with Crippen molar-refractivity contribution in [3.05, 3.63) is 12.2 Å². The molecule has 8 nitrogen and oxygen atoms in total. The van der Waals surface area contributed by atoms with E-state index >= 15 is 0 Å². The van der Waals surface area contributed by atoms with E-state index in [-0.39, 0.29) is 12.4 Å². The van der Waals surface area contributed by atoms with Gasteiger partial charge in [-0.15, -0.1) is 0 Å². The van der Waals surface area contributed by atoms with Crippen molar-refractivity contribution in [1.82, 2.24) is 5.32 Å². The van der Waals surface area contributed by atoms with E-state index in [1.54, 1.807) is 0 Å². The minimum absolute atomic E-state index is 0.247. The molecule has 0 aromatic rings. The molecule has 0 saturated carbocycles. The molecule has 0 spiro atoms. The Balaban J connectivity index is 4.58. The maximum Gasteiger partial charge on any atom is 0.331 e. The van der Waals surface area contributed by atoms with Crippen molar-refractivity contribution >= 4 is 23.6 Å². The molecule has 2 atom stereocenters. The molecule has 0 fully saturated rings. The molecule has 0 saturated heterocycles.